The molecule has 2 aromatic rings. The fraction of sp³-hybridized carbons (Fsp3) is 0.538. The van der Waals surface area contributed by atoms with E-state index in [0.717, 1.165) is 18.4 Å². The maximum atomic E-state index is 11.7. The van der Waals surface area contributed by atoms with Crippen molar-refractivity contribution in [3.63, 3.8) is 0 Å². The van der Waals surface area contributed by atoms with E-state index in [1.807, 2.05) is 24.3 Å². The average Bonchev–Trinajstić information content (AvgIpc) is 2.75. The van der Waals surface area contributed by atoms with Gasteiger partial charge in [-0.25, -0.2) is 8.42 Å². The molecule has 0 fully saturated rings. The van der Waals surface area contributed by atoms with Crippen molar-refractivity contribution < 1.29 is 69.1 Å². The molecule has 4 nitrogen and oxygen atoms in total. The van der Waals surface area contributed by atoms with E-state index in [9.17, 15) is 13.0 Å². The molecule has 2 rings (SSSR count). The van der Waals surface area contributed by atoms with Gasteiger partial charge in [0.1, 0.15) is 21.6 Å². The molecule has 2 aromatic carbocycles. The number of ether oxygens (including phenoxy) is 1. The Morgan fingerprint density at radius 1 is 0.719 bits per heavy atom. The number of para-hydroxylation sites is 2. The van der Waals surface area contributed by atoms with Crippen LogP contribution in [0.3, 0.4) is 0 Å². The molecule has 0 heterocycles. The molecule has 0 unspecified atom stereocenters. The Labute approximate surface area is 237 Å². The minimum absolute atomic E-state index is 0. The quantitative estimate of drug-likeness (QED) is 0.198. The first-order valence-electron chi connectivity index (χ1n) is 11.8. The first-order valence-corrected chi connectivity index (χ1v) is 13.2. The normalized spacial score (nSPS) is 11.2. The van der Waals surface area contributed by atoms with Crippen LogP contribution >= 0.6 is 0 Å². The van der Waals surface area contributed by atoms with Crippen LogP contribution in [0.2, 0.25) is 0 Å². The second-order valence-electron chi connectivity index (χ2n) is 8.25. The number of hydrogen-bond donors (Lipinski definition) is 0. The third-order valence-corrected chi connectivity index (χ3v) is 6.45. The minimum atomic E-state index is -4.61. The van der Waals surface area contributed by atoms with E-state index in [1.165, 1.54) is 70.3 Å². The van der Waals surface area contributed by atoms with Gasteiger partial charge in [-0.2, -0.15) is 0 Å². The van der Waals surface area contributed by atoms with Gasteiger partial charge in [0.15, 0.2) is 0 Å². The van der Waals surface area contributed by atoms with E-state index < -0.39 is 10.1 Å². The molecule has 0 saturated heterocycles. The van der Waals surface area contributed by atoms with Crippen molar-refractivity contribution in [1.82, 2.24) is 0 Å². The summed E-state index contributed by atoms with van der Waals surface area (Å²) in [6, 6.07) is 13.8. The summed E-state index contributed by atoms with van der Waals surface area (Å²) in [5.74, 6) is 0.696. The van der Waals surface area contributed by atoms with E-state index in [4.69, 9.17) is 4.74 Å². The SMILES string of the molecule is CCCCCCCCCCCCCCc1cccc(S(=O)(=O)[O-])c1Oc1ccccc1.[K+]. The standard InChI is InChI=1S/C26H38O4S.K/c1-2-3-4-5-6-7-8-9-10-11-12-14-18-23-19-17-22-25(31(27,28)29)26(23)30-24-20-15-13-16-21-24;/h13,15-17,19-22H,2-12,14,18H2,1H3,(H,27,28,29);/q;+1/p-1. The zero-order valence-electron chi connectivity index (χ0n) is 19.9. The Balaban J connectivity index is 0.00000512. The number of unbranched alkanes of at least 4 members (excludes halogenated alkanes) is 11. The Hall–Kier alpha value is -0.214. The molecule has 0 radical (unpaired) electrons. The fourth-order valence-corrected chi connectivity index (χ4v) is 4.48. The molecule has 0 aliphatic carbocycles. The Kier molecular flexibility index (Phi) is 16.1. The van der Waals surface area contributed by atoms with Crippen LogP contribution in [-0.4, -0.2) is 13.0 Å². The zero-order chi connectivity index (χ0) is 22.4. The molecule has 172 valence electrons. The van der Waals surface area contributed by atoms with Crippen molar-refractivity contribution in [2.75, 3.05) is 0 Å². The predicted octanol–water partition coefficient (Wildman–Crippen LogP) is 4.63. The summed E-state index contributed by atoms with van der Waals surface area (Å²) >= 11 is 0. The van der Waals surface area contributed by atoms with Crippen LogP contribution in [0.1, 0.15) is 89.5 Å². The summed E-state index contributed by atoms with van der Waals surface area (Å²) in [6.07, 6.45) is 15.9. The second kappa shape index (κ2) is 17.3. The molecule has 0 spiro atoms. The topological polar surface area (TPSA) is 66.4 Å². The molecule has 6 heteroatoms. The smallest absolute Gasteiger partial charge is 0.744 e. The monoisotopic (exact) mass is 484 g/mol. The van der Waals surface area contributed by atoms with Gasteiger partial charge >= 0.3 is 51.4 Å². The summed E-state index contributed by atoms with van der Waals surface area (Å²) < 4.78 is 41.1. The van der Waals surface area contributed by atoms with Crippen LogP contribution in [0.25, 0.3) is 0 Å². The predicted molar refractivity (Wildman–Crippen MR) is 126 cm³/mol. The van der Waals surface area contributed by atoms with Crippen molar-refractivity contribution in [3.8, 4) is 11.5 Å². The van der Waals surface area contributed by atoms with Gasteiger partial charge in [-0.1, -0.05) is 108 Å². The average molecular weight is 485 g/mol. The zero-order valence-corrected chi connectivity index (χ0v) is 23.8. The van der Waals surface area contributed by atoms with Gasteiger partial charge in [0.25, 0.3) is 0 Å². The molecule has 0 N–H and O–H groups in total. The number of hydrogen-bond acceptors (Lipinski definition) is 4. The molecular weight excluding hydrogens is 447 g/mol. The van der Waals surface area contributed by atoms with Crippen LogP contribution in [0.15, 0.2) is 53.4 Å². The van der Waals surface area contributed by atoms with Crippen LogP contribution in [0.5, 0.6) is 11.5 Å². The summed E-state index contributed by atoms with van der Waals surface area (Å²) in [5.41, 5.74) is 0.771. The molecule has 0 atom stereocenters. The van der Waals surface area contributed by atoms with E-state index in [0.29, 0.717) is 12.2 Å². The summed E-state index contributed by atoms with van der Waals surface area (Å²) in [4.78, 5) is -0.284. The Morgan fingerprint density at radius 3 is 1.78 bits per heavy atom. The van der Waals surface area contributed by atoms with Crippen molar-refractivity contribution in [3.05, 3.63) is 54.1 Å². The maximum Gasteiger partial charge on any atom is 1.00 e. The second-order valence-corrected chi connectivity index (χ2v) is 9.60. The molecule has 0 aliphatic heterocycles. The minimum Gasteiger partial charge on any atom is -0.744 e. The van der Waals surface area contributed by atoms with Gasteiger partial charge in [-0.15, -0.1) is 0 Å². The van der Waals surface area contributed by atoms with Gasteiger partial charge in [-0.3, -0.25) is 0 Å². The van der Waals surface area contributed by atoms with E-state index >= 15 is 0 Å². The van der Waals surface area contributed by atoms with Crippen molar-refractivity contribution >= 4 is 10.1 Å². The van der Waals surface area contributed by atoms with E-state index in [-0.39, 0.29) is 62.0 Å². The Morgan fingerprint density at radius 2 is 1.25 bits per heavy atom. The van der Waals surface area contributed by atoms with Crippen LogP contribution < -0.4 is 56.1 Å². The number of rotatable bonds is 16. The number of benzene rings is 2. The molecule has 0 bridgehead atoms. The van der Waals surface area contributed by atoms with Gasteiger partial charge in [-0.05, 0) is 36.6 Å². The first kappa shape index (κ1) is 29.8. The van der Waals surface area contributed by atoms with Gasteiger partial charge in [0, 0.05) is 0 Å². The largest absolute Gasteiger partial charge is 1.00 e. The fourth-order valence-electron chi connectivity index (χ4n) is 3.83. The number of aryl methyl sites for hydroxylation is 1. The van der Waals surface area contributed by atoms with Crippen molar-refractivity contribution in [2.45, 2.75) is 95.3 Å². The van der Waals surface area contributed by atoms with Crippen molar-refractivity contribution in [2.24, 2.45) is 0 Å². The Bertz CT molecular complexity index is 853. The van der Waals surface area contributed by atoms with Crippen LogP contribution in [0, 0.1) is 0 Å². The van der Waals surface area contributed by atoms with E-state index in [1.54, 1.807) is 18.2 Å². The summed E-state index contributed by atoms with van der Waals surface area (Å²) in [5, 5.41) is 0. The summed E-state index contributed by atoms with van der Waals surface area (Å²) in [7, 11) is -4.61. The third-order valence-electron chi connectivity index (χ3n) is 5.59. The van der Waals surface area contributed by atoms with Crippen molar-refractivity contribution in [1.29, 1.82) is 0 Å². The van der Waals surface area contributed by atoms with Gasteiger partial charge in [0.05, 0.1) is 4.90 Å². The molecule has 0 amide bonds. The maximum absolute atomic E-state index is 11.7. The van der Waals surface area contributed by atoms with Gasteiger partial charge < -0.3 is 9.29 Å². The summed E-state index contributed by atoms with van der Waals surface area (Å²) in [6.45, 7) is 2.25. The first-order chi connectivity index (χ1) is 15.0. The molecule has 0 saturated carbocycles. The van der Waals surface area contributed by atoms with E-state index in [2.05, 4.69) is 6.92 Å². The molecular formula is C26H37KO4S. The van der Waals surface area contributed by atoms with Crippen LogP contribution in [-0.2, 0) is 16.5 Å². The molecule has 32 heavy (non-hydrogen) atoms. The molecule has 0 aromatic heterocycles. The third kappa shape index (κ3) is 11.8. The molecule has 0 aliphatic rings. The van der Waals surface area contributed by atoms with Gasteiger partial charge in [0.2, 0.25) is 0 Å². The van der Waals surface area contributed by atoms with Crippen LogP contribution in [0.4, 0.5) is 0 Å².